The van der Waals surface area contributed by atoms with Crippen LogP contribution in [-0.2, 0) is 16.1 Å². The number of carbonyl (C=O) groups excluding carboxylic acids is 2. The summed E-state index contributed by atoms with van der Waals surface area (Å²) >= 11 is 0. The SMILES string of the molecule is NC(=O)C=CC1CCN(C(=O)OCc2ccccc2)CC1. The number of carbonyl (C=O) groups is 2. The highest BCUT2D eigenvalue weighted by molar-refractivity contribution is 5.85. The zero-order valence-electron chi connectivity index (χ0n) is 11.9. The van der Waals surface area contributed by atoms with E-state index < -0.39 is 5.91 Å². The normalized spacial score (nSPS) is 16.1. The Kier molecular flexibility index (Phi) is 5.37. The zero-order chi connectivity index (χ0) is 15.1. The summed E-state index contributed by atoms with van der Waals surface area (Å²) < 4.78 is 5.30. The number of benzene rings is 1. The number of primary amides is 1. The van der Waals surface area contributed by atoms with Crippen LogP contribution in [0, 0.1) is 5.92 Å². The number of rotatable bonds is 4. The van der Waals surface area contributed by atoms with Gasteiger partial charge in [-0.1, -0.05) is 36.4 Å². The summed E-state index contributed by atoms with van der Waals surface area (Å²) in [6.07, 6.45) is 4.59. The maximum atomic E-state index is 12.0. The van der Waals surface area contributed by atoms with Gasteiger partial charge in [0.25, 0.3) is 0 Å². The number of amides is 2. The first kappa shape index (κ1) is 15.1. The Labute approximate surface area is 124 Å². The highest BCUT2D eigenvalue weighted by Gasteiger charge is 2.22. The largest absolute Gasteiger partial charge is 0.445 e. The van der Waals surface area contributed by atoms with Crippen LogP contribution in [0.25, 0.3) is 0 Å². The Morgan fingerprint density at radius 2 is 1.90 bits per heavy atom. The van der Waals surface area contributed by atoms with Gasteiger partial charge in [0.2, 0.25) is 5.91 Å². The molecule has 1 aliphatic heterocycles. The third kappa shape index (κ3) is 4.95. The van der Waals surface area contributed by atoms with Gasteiger partial charge in [-0.25, -0.2) is 4.79 Å². The predicted octanol–water partition coefficient (Wildman–Crippen LogP) is 2.08. The van der Waals surface area contributed by atoms with Gasteiger partial charge in [-0.2, -0.15) is 0 Å². The van der Waals surface area contributed by atoms with E-state index in [1.807, 2.05) is 36.4 Å². The van der Waals surface area contributed by atoms with E-state index in [0.717, 1.165) is 18.4 Å². The monoisotopic (exact) mass is 288 g/mol. The molecule has 1 saturated heterocycles. The number of nitrogens with two attached hydrogens (primary N) is 1. The summed E-state index contributed by atoms with van der Waals surface area (Å²) in [6.45, 7) is 1.57. The molecule has 0 bridgehead atoms. The molecule has 0 atom stereocenters. The molecule has 2 N–H and O–H groups in total. The highest BCUT2D eigenvalue weighted by Crippen LogP contribution is 2.19. The lowest BCUT2D eigenvalue weighted by Gasteiger charge is -2.29. The van der Waals surface area contributed by atoms with E-state index in [1.165, 1.54) is 6.08 Å². The van der Waals surface area contributed by atoms with Gasteiger partial charge in [-0.3, -0.25) is 4.79 Å². The molecule has 1 aliphatic rings. The van der Waals surface area contributed by atoms with Crippen LogP contribution < -0.4 is 5.73 Å². The molecule has 112 valence electrons. The Hall–Kier alpha value is -2.30. The third-order valence-corrected chi connectivity index (χ3v) is 3.54. The van der Waals surface area contributed by atoms with Crippen LogP contribution in [-0.4, -0.2) is 30.0 Å². The van der Waals surface area contributed by atoms with E-state index in [2.05, 4.69) is 0 Å². The Balaban J connectivity index is 1.74. The first-order chi connectivity index (χ1) is 10.1. The summed E-state index contributed by atoms with van der Waals surface area (Å²) in [4.78, 5) is 24.3. The molecule has 0 aliphatic carbocycles. The van der Waals surface area contributed by atoms with Gasteiger partial charge in [0, 0.05) is 13.1 Å². The van der Waals surface area contributed by atoms with Crippen LogP contribution >= 0.6 is 0 Å². The fourth-order valence-corrected chi connectivity index (χ4v) is 2.32. The second-order valence-electron chi connectivity index (χ2n) is 5.13. The van der Waals surface area contributed by atoms with Crippen molar-refractivity contribution in [1.82, 2.24) is 4.90 Å². The Morgan fingerprint density at radius 1 is 1.24 bits per heavy atom. The van der Waals surface area contributed by atoms with Gasteiger partial charge >= 0.3 is 6.09 Å². The van der Waals surface area contributed by atoms with Crippen LogP contribution in [0.15, 0.2) is 42.5 Å². The maximum Gasteiger partial charge on any atom is 0.410 e. The fraction of sp³-hybridized carbons (Fsp3) is 0.375. The minimum Gasteiger partial charge on any atom is -0.445 e. The molecule has 0 aromatic heterocycles. The van der Waals surface area contributed by atoms with E-state index in [1.54, 1.807) is 4.90 Å². The summed E-state index contributed by atoms with van der Waals surface area (Å²) in [6, 6.07) is 9.61. The fourth-order valence-electron chi connectivity index (χ4n) is 2.32. The molecule has 0 unspecified atom stereocenters. The van der Waals surface area contributed by atoms with Crippen molar-refractivity contribution in [3.63, 3.8) is 0 Å². The molecule has 2 amide bonds. The molecule has 5 heteroatoms. The maximum absolute atomic E-state index is 12.0. The van der Waals surface area contributed by atoms with Crippen molar-refractivity contribution >= 4 is 12.0 Å². The molecule has 2 rings (SSSR count). The van der Waals surface area contributed by atoms with Crippen molar-refractivity contribution < 1.29 is 14.3 Å². The topological polar surface area (TPSA) is 72.6 Å². The van der Waals surface area contributed by atoms with Crippen LogP contribution in [0.5, 0.6) is 0 Å². The summed E-state index contributed by atoms with van der Waals surface area (Å²) in [5.41, 5.74) is 6.05. The minimum atomic E-state index is -0.431. The molecule has 0 saturated carbocycles. The highest BCUT2D eigenvalue weighted by atomic mass is 16.6. The van der Waals surface area contributed by atoms with Crippen molar-refractivity contribution in [3.8, 4) is 0 Å². The van der Waals surface area contributed by atoms with Crippen molar-refractivity contribution in [1.29, 1.82) is 0 Å². The first-order valence-electron chi connectivity index (χ1n) is 7.08. The Bertz CT molecular complexity index is 506. The summed E-state index contributed by atoms with van der Waals surface area (Å²) in [5.74, 6) is -0.129. The average molecular weight is 288 g/mol. The number of hydrogen-bond donors (Lipinski definition) is 1. The number of likely N-dealkylation sites (tertiary alicyclic amines) is 1. The lowest BCUT2D eigenvalue weighted by atomic mass is 9.96. The zero-order valence-corrected chi connectivity index (χ0v) is 11.9. The molecule has 21 heavy (non-hydrogen) atoms. The molecule has 1 fully saturated rings. The van der Waals surface area contributed by atoms with Crippen LogP contribution in [0.3, 0.4) is 0 Å². The second kappa shape index (κ2) is 7.47. The number of ether oxygens (including phenoxy) is 1. The molecule has 1 aromatic carbocycles. The van der Waals surface area contributed by atoms with Gasteiger partial charge < -0.3 is 15.4 Å². The van der Waals surface area contributed by atoms with Gasteiger partial charge in [0.05, 0.1) is 0 Å². The lowest BCUT2D eigenvalue weighted by Crippen LogP contribution is -2.38. The Morgan fingerprint density at radius 3 is 2.52 bits per heavy atom. The van der Waals surface area contributed by atoms with Crippen LogP contribution in [0.2, 0.25) is 0 Å². The molecular formula is C16H20N2O3. The van der Waals surface area contributed by atoms with Crippen molar-refractivity contribution in [2.24, 2.45) is 11.7 Å². The van der Waals surface area contributed by atoms with Crippen molar-refractivity contribution in [3.05, 3.63) is 48.0 Å². The number of piperidine rings is 1. The lowest BCUT2D eigenvalue weighted by molar-refractivity contribution is -0.113. The molecule has 5 nitrogen and oxygen atoms in total. The number of nitrogens with zero attached hydrogens (tertiary/aromatic N) is 1. The third-order valence-electron chi connectivity index (χ3n) is 3.54. The van der Waals surface area contributed by atoms with E-state index >= 15 is 0 Å². The van der Waals surface area contributed by atoms with Crippen LogP contribution in [0.4, 0.5) is 4.79 Å². The summed E-state index contributed by atoms with van der Waals surface area (Å²) in [5, 5.41) is 0. The van der Waals surface area contributed by atoms with Crippen molar-refractivity contribution in [2.75, 3.05) is 13.1 Å². The van der Waals surface area contributed by atoms with E-state index in [0.29, 0.717) is 25.6 Å². The number of allylic oxidation sites excluding steroid dienone is 1. The average Bonchev–Trinajstić information content (AvgIpc) is 2.52. The number of hydrogen-bond acceptors (Lipinski definition) is 3. The van der Waals surface area contributed by atoms with Gasteiger partial charge in [-0.05, 0) is 30.4 Å². The quantitative estimate of drug-likeness (QED) is 0.862. The van der Waals surface area contributed by atoms with Gasteiger partial charge in [-0.15, -0.1) is 0 Å². The second-order valence-corrected chi connectivity index (χ2v) is 5.13. The molecule has 1 aromatic rings. The predicted molar refractivity (Wildman–Crippen MR) is 79.3 cm³/mol. The summed E-state index contributed by atoms with van der Waals surface area (Å²) in [7, 11) is 0. The van der Waals surface area contributed by atoms with Crippen molar-refractivity contribution in [2.45, 2.75) is 19.4 Å². The van der Waals surface area contributed by atoms with Crippen LogP contribution in [0.1, 0.15) is 18.4 Å². The van der Waals surface area contributed by atoms with Gasteiger partial charge in [0.1, 0.15) is 6.61 Å². The molecule has 0 spiro atoms. The molecule has 1 heterocycles. The van der Waals surface area contributed by atoms with E-state index in [9.17, 15) is 9.59 Å². The molecule has 0 radical (unpaired) electrons. The standard InChI is InChI=1S/C16H20N2O3/c17-15(19)7-6-13-8-10-18(11-9-13)16(20)21-12-14-4-2-1-3-5-14/h1-7,13H,8-12H2,(H2,17,19). The minimum absolute atomic E-state index is 0.281. The smallest absolute Gasteiger partial charge is 0.410 e. The van der Waals surface area contributed by atoms with E-state index in [-0.39, 0.29) is 6.09 Å². The van der Waals surface area contributed by atoms with Gasteiger partial charge in [0.15, 0.2) is 0 Å². The van der Waals surface area contributed by atoms with E-state index in [4.69, 9.17) is 10.5 Å². The first-order valence-corrected chi connectivity index (χ1v) is 7.08. The molecular weight excluding hydrogens is 268 g/mol.